The average molecular weight is 421 g/mol. The molecule has 2 aromatic heterocycles. The van der Waals surface area contributed by atoms with Crippen LogP contribution in [0.5, 0.6) is 0 Å². The lowest BCUT2D eigenvalue weighted by molar-refractivity contribution is 0.637. The van der Waals surface area contributed by atoms with E-state index in [4.69, 9.17) is 19.2 Å². The lowest BCUT2D eigenvalue weighted by Crippen LogP contribution is -2.05. The third kappa shape index (κ3) is 3.40. The van der Waals surface area contributed by atoms with Gasteiger partial charge < -0.3 is 0 Å². The van der Waals surface area contributed by atoms with Gasteiger partial charge in [-0.2, -0.15) is 0 Å². The van der Waals surface area contributed by atoms with Crippen LogP contribution in [0.25, 0.3) is 38.6 Å². The molecule has 2 nitrogen and oxygen atoms in total. The minimum absolute atomic E-state index is 0.00225. The Morgan fingerprint density at radius 2 is 1.39 bits per heavy atom. The highest BCUT2D eigenvalue weighted by molar-refractivity contribution is 6.12. The molecule has 0 amide bonds. The van der Waals surface area contributed by atoms with Crippen LogP contribution in [-0.4, -0.2) is 9.38 Å². The maximum Gasteiger partial charge on any atom is 0.145 e. The van der Waals surface area contributed by atoms with E-state index >= 15 is 0 Å². The number of aromatic nitrogens is 2. The van der Waals surface area contributed by atoms with E-state index in [1.165, 1.54) is 24.4 Å². The van der Waals surface area contributed by atoms with Crippen molar-refractivity contribution in [2.45, 2.75) is 40.2 Å². The molecule has 0 aliphatic carbocycles. The Bertz CT molecular complexity index is 1780. The SMILES string of the molecule is [2H]C(c1cccc(C([2H])C(C([2H])([2H])[2H])C([2H])([2H])[2H])c1-c1cnc2c3ccccc3c3ccccc3n12)C(C([2H])([2H])[2H])C([2H])([2H])[2H]. The van der Waals surface area contributed by atoms with Gasteiger partial charge in [0.1, 0.15) is 5.65 Å². The zero-order valence-corrected chi connectivity index (χ0v) is 16.6. The number of hydrogen-bond donors (Lipinski definition) is 0. The minimum Gasteiger partial charge on any atom is -0.292 e. The van der Waals surface area contributed by atoms with Crippen molar-refractivity contribution in [3.8, 4) is 11.3 Å². The van der Waals surface area contributed by atoms with Crippen molar-refractivity contribution < 1.29 is 19.2 Å². The van der Waals surface area contributed by atoms with Crippen molar-refractivity contribution in [2.24, 2.45) is 11.8 Å². The van der Waals surface area contributed by atoms with Crippen molar-refractivity contribution in [1.82, 2.24) is 9.38 Å². The van der Waals surface area contributed by atoms with Crippen LogP contribution in [0.3, 0.4) is 0 Å². The van der Waals surface area contributed by atoms with Crippen LogP contribution in [0.2, 0.25) is 0 Å². The van der Waals surface area contributed by atoms with Gasteiger partial charge in [-0.15, -0.1) is 0 Å². The fraction of sp³-hybridized carbons (Fsp3) is 0.276. The third-order valence-electron chi connectivity index (χ3n) is 5.44. The first kappa shape index (κ1) is 9.56. The van der Waals surface area contributed by atoms with Crippen molar-refractivity contribution in [2.75, 3.05) is 0 Å². The van der Waals surface area contributed by atoms with Crippen LogP contribution in [0.1, 0.15) is 57.7 Å². The van der Waals surface area contributed by atoms with Gasteiger partial charge in [-0.3, -0.25) is 4.40 Å². The second-order valence-electron chi connectivity index (χ2n) is 7.47. The summed E-state index contributed by atoms with van der Waals surface area (Å²) in [5.41, 5.74) is 1.15. The van der Waals surface area contributed by atoms with E-state index in [1.54, 1.807) is 10.5 Å². The number of rotatable bonds is 5. The van der Waals surface area contributed by atoms with E-state index in [-0.39, 0.29) is 22.4 Å². The Hall–Kier alpha value is -3.13. The molecule has 5 aromatic rings. The van der Waals surface area contributed by atoms with Crippen molar-refractivity contribution in [3.05, 3.63) is 84.1 Å². The highest BCUT2D eigenvalue weighted by Gasteiger charge is 2.19. The molecule has 31 heavy (non-hydrogen) atoms. The highest BCUT2D eigenvalue weighted by Crippen LogP contribution is 2.36. The van der Waals surface area contributed by atoms with E-state index in [0.29, 0.717) is 11.2 Å². The fourth-order valence-corrected chi connectivity index (χ4v) is 4.29. The molecule has 0 aliphatic heterocycles. The Morgan fingerprint density at radius 3 is 2.06 bits per heavy atom. The van der Waals surface area contributed by atoms with E-state index < -0.39 is 52.0 Å². The van der Waals surface area contributed by atoms with Crippen LogP contribution in [0.15, 0.2) is 72.9 Å². The maximum absolute atomic E-state index is 9.08. The van der Waals surface area contributed by atoms with Gasteiger partial charge in [0.15, 0.2) is 0 Å². The van der Waals surface area contributed by atoms with Crippen LogP contribution in [0, 0.1) is 11.8 Å². The van der Waals surface area contributed by atoms with Crippen LogP contribution < -0.4 is 0 Å². The second-order valence-corrected chi connectivity index (χ2v) is 7.47. The summed E-state index contributed by atoms with van der Waals surface area (Å²) < 4.78 is 116. The summed E-state index contributed by atoms with van der Waals surface area (Å²) in [6.45, 7) is -12.4. The molecule has 2 atom stereocenters. The van der Waals surface area contributed by atoms with Gasteiger partial charge in [-0.25, -0.2) is 4.98 Å². The largest absolute Gasteiger partial charge is 0.292 e. The summed E-state index contributed by atoms with van der Waals surface area (Å²) in [4.78, 5) is 4.66. The van der Waals surface area contributed by atoms with Crippen molar-refractivity contribution >= 4 is 27.3 Å². The van der Waals surface area contributed by atoms with E-state index in [1.807, 2.05) is 42.5 Å². The molecule has 0 saturated carbocycles. The highest BCUT2D eigenvalue weighted by atomic mass is 15.0. The lowest BCUT2D eigenvalue weighted by atomic mass is 9.89. The first-order valence-corrected chi connectivity index (χ1v) is 9.99. The van der Waals surface area contributed by atoms with Crippen LogP contribution in [-0.2, 0) is 12.8 Å². The van der Waals surface area contributed by atoms with Gasteiger partial charge in [0, 0.05) is 35.5 Å². The molecule has 156 valence electrons. The number of para-hydroxylation sites is 1. The summed E-state index contributed by atoms with van der Waals surface area (Å²) in [7, 11) is 0. The predicted molar refractivity (Wildman–Crippen MR) is 133 cm³/mol. The quantitative estimate of drug-likeness (QED) is 0.266. The van der Waals surface area contributed by atoms with Gasteiger partial charge >= 0.3 is 0 Å². The number of fused-ring (bicyclic) bond motifs is 6. The summed E-state index contributed by atoms with van der Waals surface area (Å²) in [5.74, 6) is -4.30. The summed E-state index contributed by atoms with van der Waals surface area (Å²) in [6.07, 6.45) is -2.36. The average Bonchev–Trinajstić information content (AvgIpc) is 3.35. The molecule has 0 radical (unpaired) electrons. The molecule has 0 aliphatic rings. The Morgan fingerprint density at radius 1 is 0.774 bits per heavy atom. The zero-order valence-electron chi connectivity index (χ0n) is 30.6. The summed E-state index contributed by atoms with van der Waals surface area (Å²) >= 11 is 0. The topological polar surface area (TPSA) is 17.3 Å². The van der Waals surface area contributed by atoms with E-state index in [0.717, 1.165) is 16.2 Å². The normalized spacial score (nSPS) is 22.4. The minimum atomic E-state index is -3.09. The second kappa shape index (κ2) is 7.85. The number of benzene rings is 3. The molecule has 0 bridgehead atoms. The molecule has 3 aromatic carbocycles. The standard InChI is InChI=1S/C29H30N2/c1-19(2)16-21-10-9-11-22(17-20(3)4)28(21)27-18-30-29-25-14-6-5-12-23(25)24-13-7-8-15-26(24)31(27)29/h5-15,18-20H,16-17H2,1-4H3/i1D3,2D3,3D3,4D3,16D,17D. The molecule has 0 fully saturated rings. The van der Waals surface area contributed by atoms with Crippen LogP contribution >= 0.6 is 0 Å². The molecule has 0 saturated heterocycles. The molecule has 2 heteroatoms. The van der Waals surface area contributed by atoms with Crippen LogP contribution in [0.4, 0.5) is 0 Å². The Labute approximate surface area is 204 Å². The summed E-state index contributed by atoms with van der Waals surface area (Å²) in [6, 6.07) is 19.0. The predicted octanol–water partition coefficient (Wildman–Crippen LogP) is 7.70. The maximum atomic E-state index is 9.08. The Balaban J connectivity index is 1.93. The molecule has 0 N–H and O–H groups in total. The zero-order chi connectivity index (χ0) is 33.3. The van der Waals surface area contributed by atoms with E-state index in [2.05, 4.69) is 4.98 Å². The summed E-state index contributed by atoms with van der Waals surface area (Å²) in [5, 5.41) is 2.45. The van der Waals surface area contributed by atoms with Crippen molar-refractivity contribution in [3.63, 3.8) is 0 Å². The van der Waals surface area contributed by atoms with Gasteiger partial charge in [0.05, 0.1) is 17.4 Å². The molecule has 2 heterocycles. The number of hydrogen-bond acceptors (Lipinski definition) is 1. The molecule has 5 rings (SSSR count). The smallest absolute Gasteiger partial charge is 0.145 e. The molecular formula is C29H30N2. The fourth-order valence-electron chi connectivity index (χ4n) is 4.29. The van der Waals surface area contributed by atoms with Gasteiger partial charge in [0.2, 0.25) is 0 Å². The van der Waals surface area contributed by atoms with Gasteiger partial charge in [-0.05, 0) is 47.2 Å². The monoisotopic (exact) mass is 420 g/mol. The molecule has 0 spiro atoms. The van der Waals surface area contributed by atoms with E-state index in [9.17, 15) is 0 Å². The number of nitrogens with zero attached hydrogens (tertiary/aromatic N) is 2. The first-order valence-electron chi connectivity index (χ1n) is 17.1. The third-order valence-corrected chi connectivity index (χ3v) is 5.44. The van der Waals surface area contributed by atoms with Gasteiger partial charge in [0.25, 0.3) is 0 Å². The lowest BCUT2D eigenvalue weighted by Gasteiger charge is -2.19. The van der Waals surface area contributed by atoms with Gasteiger partial charge in [-0.1, -0.05) is 88.1 Å². The van der Waals surface area contributed by atoms with Crippen molar-refractivity contribution in [1.29, 1.82) is 0 Å². The Kier molecular flexibility index (Phi) is 2.42. The molecule has 2 unspecified atom stereocenters. The number of imidazole rings is 1. The first-order chi connectivity index (χ1) is 20.7. The number of pyridine rings is 1. The molecular weight excluding hydrogens is 376 g/mol.